The number of halogens is 3. The molecule has 1 nitrogen and oxygen atoms in total. The zero-order valence-corrected chi connectivity index (χ0v) is 11.1. The minimum atomic E-state index is -0.413. The number of benzene rings is 3. The number of nitriles is 1. The first-order chi connectivity index (χ1) is 9.11. The van der Waals surface area contributed by atoms with Crippen LogP contribution in [-0.2, 0) is 0 Å². The molecule has 0 radical (unpaired) electrons. The first-order valence-electron chi connectivity index (χ1n) is 5.52. The first-order valence-corrected chi connectivity index (χ1v) is 6.31. The van der Waals surface area contributed by atoms with E-state index in [-0.39, 0.29) is 0 Å². The van der Waals surface area contributed by atoms with Crippen molar-refractivity contribution in [1.29, 1.82) is 5.26 Å². The summed E-state index contributed by atoms with van der Waals surface area (Å²) in [5.74, 6) is -0.807. The standard InChI is InChI=1S/C15H6BrF2N/c16-15-11-4-2-9(18)6-13(11)12-5-8(17)1-3-10(12)14(15)7-19/h1-6H. The molecule has 0 atom stereocenters. The molecule has 19 heavy (non-hydrogen) atoms. The van der Waals surface area contributed by atoms with E-state index in [9.17, 15) is 14.0 Å². The maximum Gasteiger partial charge on any atom is 0.123 e. The molecule has 0 spiro atoms. The molecular formula is C15H6BrF2N. The van der Waals surface area contributed by atoms with Gasteiger partial charge in [0.05, 0.1) is 5.56 Å². The fourth-order valence-electron chi connectivity index (χ4n) is 2.25. The van der Waals surface area contributed by atoms with Crippen molar-refractivity contribution in [1.82, 2.24) is 0 Å². The molecule has 0 aliphatic rings. The summed E-state index contributed by atoms with van der Waals surface area (Å²) in [6.45, 7) is 0. The van der Waals surface area contributed by atoms with Gasteiger partial charge in [-0.15, -0.1) is 0 Å². The molecule has 0 aromatic heterocycles. The minimum absolute atomic E-state index is 0.394. The van der Waals surface area contributed by atoms with E-state index in [1.54, 1.807) is 12.1 Å². The predicted octanol–water partition coefficient (Wildman–Crippen LogP) is 4.91. The second-order valence-corrected chi connectivity index (χ2v) is 4.97. The van der Waals surface area contributed by atoms with Gasteiger partial charge in [0.25, 0.3) is 0 Å². The van der Waals surface area contributed by atoms with Gasteiger partial charge in [0.15, 0.2) is 0 Å². The van der Waals surface area contributed by atoms with Gasteiger partial charge in [-0.2, -0.15) is 5.26 Å². The minimum Gasteiger partial charge on any atom is -0.207 e. The lowest BCUT2D eigenvalue weighted by Gasteiger charge is -2.09. The Labute approximate surface area is 116 Å². The van der Waals surface area contributed by atoms with Gasteiger partial charge in [-0.25, -0.2) is 8.78 Å². The fraction of sp³-hybridized carbons (Fsp3) is 0. The maximum absolute atomic E-state index is 13.4. The van der Waals surface area contributed by atoms with E-state index < -0.39 is 11.6 Å². The molecule has 0 saturated heterocycles. The van der Waals surface area contributed by atoms with Gasteiger partial charge < -0.3 is 0 Å². The molecular weight excluding hydrogens is 312 g/mol. The Morgan fingerprint density at radius 1 is 0.842 bits per heavy atom. The molecule has 3 aromatic rings. The van der Waals surface area contributed by atoms with E-state index in [4.69, 9.17) is 0 Å². The maximum atomic E-state index is 13.4. The Kier molecular flexibility index (Phi) is 2.72. The van der Waals surface area contributed by atoms with Gasteiger partial charge >= 0.3 is 0 Å². The van der Waals surface area contributed by atoms with E-state index in [0.29, 0.717) is 31.6 Å². The average Bonchev–Trinajstić information content (AvgIpc) is 2.40. The Morgan fingerprint density at radius 3 is 1.95 bits per heavy atom. The van der Waals surface area contributed by atoms with E-state index in [1.165, 1.54) is 24.3 Å². The molecule has 3 rings (SSSR count). The van der Waals surface area contributed by atoms with Crippen molar-refractivity contribution >= 4 is 37.5 Å². The molecule has 0 amide bonds. The van der Waals surface area contributed by atoms with Crippen LogP contribution >= 0.6 is 15.9 Å². The summed E-state index contributed by atoms with van der Waals surface area (Å²) in [7, 11) is 0. The summed E-state index contributed by atoms with van der Waals surface area (Å²) in [6.07, 6.45) is 0. The van der Waals surface area contributed by atoms with Crippen LogP contribution in [0.4, 0.5) is 8.78 Å². The molecule has 0 N–H and O–H groups in total. The van der Waals surface area contributed by atoms with Crippen LogP contribution < -0.4 is 0 Å². The summed E-state index contributed by atoms with van der Waals surface area (Å²) in [6, 6.07) is 10.5. The van der Waals surface area contributed by atoms with Crippen LogP contribution in [0, 0.1) is 23.0 Å². The highest BCUT2D eigenvalue weighted by molar-refractivity contribution is 9.10. The molecule has 0 fully saturated rings. The smallest absolute Gasteiger partial charge is 0.123 e. The largest absolute Gasteiger partial charge is 0.207 e. The highest BCUT2D eigenvalue weighted by Crippen LogP contribution is 2.36. The third-order valence-corrected chi connectivity index (χ3v) is 3.91. The van der Waals surface area contributed by atoms with Crippen molar-refractivity contribution in [3.05, 3.63) is 58.1 Å². The zero-order valence-electron chi connectivity index (χ0n) is 9.55. The lowest BCUT2D eigenvalue weighted by molar-refractivity contribution is 0.628. The lowest BCUT2D eigenvalue weighted by Crippen LogP contribution is -1.88. The lowest BCUT2D eigenvalue weighted by atomic mass is 9.97. The summed E-state index contributed by atoms with van der Waals surface area (Å²) in [4.78, 5) is 0. The SMILES string of the molecule is N#Cc1c(Br)c2ccc(F)cc2c2cc(F)ccc12. The van der Waals surface area contributed by atoms with Gasteiger partial charge in [0, 0.05) is 9.86 Å². The van der Waals surface area contributed by atoms with Crippen molar-refractivity contribution < 1.29 is 8.78 Å². The summed E-state index contributed by atoms with van der Waals surface area (Å²) in [5.41, 5.74) is 0.425. The monoisotopic (exact) mass is 317 g/mol. The van der Waals surface area contributed by atoms with Crippen molar-refractivity contribution in [2.24, 2.45) is 0 Å². The quantitative estimate of drug-likeness (QED) is 0.541. The second kappa shape index (κ2) is 4.29. The molecule has 92 valence electrons. The Morgan fingerprint density at radius 2 is 1.37 bits per heavy atom. The Bertz CT molecular complexity index is 866. The molecule has 3 aromatic carbocycles. The third-order valence-electron chi connectivity index (χ3n) is 3.09. The molecule has 0 bridgehead atoms. The molecule has 0 saturated carbocycles. The molecule has 0 heterocycles. The summed E-state index contributed by atoms with van der Waals surface area (Å²) < 4.78 is 27.4. The fourth-order valence-corrected chi connectivity index (χ4v) is 2.90. The van der Waals surface area contributed by atoms with E-state index >= 15 is 0 Å². The number of hydrogen-bond acceptors (Lipinski definition) is 1. The van der Waals surface area contributed by atoms with E-state index in [2.05, 4.69) is 22.0 Å². The number of fused-ring (bicyclic) bond motifs is 3. The highest BCUT2D eigenvalue weighted by Gasteiger charge is 2.13. The van der Waals surface area contributed by atoms with Crippen LogP contribution in [0.15, 0.2) is 40.9 Å². The topological polar surface area (TPSA) is 23.8 Å². The Hall–Kier alpha value is -1.99. The Balaban J connectivity index is 2.67. The summed E-state index contributed by atoms with van der Waals surface area (Å²) in [5, 5.41) is 11.7. The number of hydrogen-bond donors (Lipinski definition) is 0. The van der Waals surface area contributed by atoms with E-state index in [0.717, 1.165) is 0 Å². The van der Waals surface area contributed by atoms with Crippen molar-refractivity contribution in [2.45, 2.75) is 0 Å². The van der Waals surface area contributed by atoms with Crippen LogP contribution in [0.25, 0.3) is 21.5 Å². The van der Waals surface area contributed by atoms with Crippen molar-refractivity contribution in [3.8, 4) is 6.07 Å². The van der Waals surface area contributed by atoms with Crippen LogP contribution in [0.5, 0.6) is 0 Å². The van der Waals surface area contributed by atoms with Gasteiger partial charge in [0.2, 0.25) is 0 Å². The van der Waals surface area contributed by atoms with Gasteiger partial charge in [-0.3, -0.25) is 0 Å². The molecule has 0 aliphatic heterocycles. The second-order valence-electron chi connectivity index (χ2n) is 4.18. The van der Waals surface area contributed by atoms with E-state index in [1.807, 2.05) is 0 Å². The van der Waals surface area contributed by atoms with Crippen molar-refractivity contribution in [3.63, 3.8) is 0 Å². The third kappa shape index (κ3) is 1.78. The zero-order chi connectivity index (χ0) is 13.6. The van der Waals surface area contributed by atoms with Crippen LogP contribution in [-0.4, -0.2) is 0 Å². The number of nitrogens with zero attached hydrogens (tertiary/aromatic N) is 1. The van der Waals surface area contributed by atoms with Gasteiger partial charge in [-0.05, 0) is 56.4 Å². The van der Waals surface area contributed by atoms with Crippen molar-refractivity contribution in [2.75, 3.05) is 0 Å². The molecule has 0 unspecified atom stereocenters. The van der Waals surface area contributed by atoms with Crippen LogP contribution in [0.1, 0.15) is 5.56 Å². The highest BCUT2D eigenvalue weighted by atomic mass is 79.9. The normalized spacial score (nSPS) is 10.8. The average molecular weight is 318 g/mol. The van der Waals surface area contributed by atoms with Gasteiger partial charge in [0.1, 0.15) is 17.7 Å². The summed E-state index contributed by atoms with van der Waals surface area (Å²) >= 11 is 3.37. The molecule has 0 aliphatic carbocycles. The van der Waals surface area contributed by atoms with Crippen LogP contribution in [0.3, 0.4) is 0 Å². The number of rotatable bonds is 0. The predicted molar refractivity (Wildman–Crippen MR) is 73.8 cm³/mol. The van der Waals surface area contributed by atoms with Crippen LogP contribution in [0.2, 0.25) is 0 Å². The van der Waals surface area contributed by atoms with Gasteiger partial charge in [-0.1, -0.05) is 12.1 Å². The molecule has 4 heteroatoms. The first kappa shape index (κ1) is 12.1.